The summed E-state index contributed by atoms with van der Waals surface area (Å²) in [7, 11) is 0. The summed E-state index contributed by atoms with van der Waals surface area (Å²) < 4.78 is 0. The molecule has 1 unspecified atom stereocenters. The van der Waals surface area contributed by atoms with Gasteiger partial charge in [0.1, 0.15) is 0 Å². The van der Waals surface area contributed by atoms with Gasteiger partial charge in [0.25, 0.3) is 0 Å². The lowest BCUT2D eigenvalue weighted by Crippen LogP contribution is -2.38. The summed E-state index contributed by atoms with van der Waals surface area (Å²) in [4.78, 5) is 0. The average molecular weight is 285 g/mol. The number of nitrogens with two attached hydrogens (primary N) is 1. The zero-order chi connectivity index (χ0) is 13.0. The van der Waals surface area contributed by atoms with Crippen LogP contribution in [0.4, 0.5) is 0 Å². The van der Waals surface area contributed by atoms with Crippen molar-refractivity contribution in [2.45, 2.75) is 38.1 Å². The maximum Gasteiger partial charge on any atom is 0.0460 e. The van der Waals surface area contributed by atoms with Gasteiger partial charge >= 0.3 is 0 Å². The van der Waals surface area contributed by atoms with Crippen LogP contribution in [0, 0.1) is 0 Å². The number of benzene rings is 1. The van der Waals surface area contributed by atoms with Crippen molar-refractivity contribution < 1.29 is 0 Å². The van der Waals surface area contributed by atoms with E-state index >= 15 is 0 Å². The van der Waals surface area contributed by atoms with Crippen molar-refractivity contribution in [2.75, 3.05) is 0 Å². The quantitative estimate of drug-likeness (QED) is 0.500. The summed E-state index contributed by atoms with van der Waals surface area (Å²) >= 11 is 12.1. The summed E-state index contributed by atoms with van der Waals surface area (Å²) in [6.45, 7) is 0. The van der Waals surface area contributed by atoms with Gasteiger partial charge in [-0.3, -0.25) is 11.3 Å². The van der Waals surface area contributed by atoms with Gasteiger partial charge in [-0.05, 0) is 49.8 Å². The van der Waals surface area contributed by atoms with Crippen LogP contribution in [-0.4, -0.2) is 6.04 Å². The first-order chi connectivity index (χ1) is 8.70. The maximum absolute atomic E-state index is 6.20. The Hall–Kier alpha value is -0.540. The zero-order valence-electron chi connectivity index (χ0n) is 10.3. The summed E-state index contributed by atoms with van der Waals surface area (Å²) in [6, 6.07) is 5.79. The van der Waals surface area contributed by atoms with Crippen molar-refractivity contribution >= 4 is 23.2 Å². The Labute approximate surface area is 118 Å². The molecule has 2 nitrogen and oxygen atoms in total. The average Bonchev–Trinajstić information content (AvgIpc) is 2.39. The fraction of sp³-hybridized carbons (Fsp3) is 0.429. The highest BCUT2D eigenvalue weighted by Crippen LogP contribution is 2.26. The molecule has 0 spiro atoms. The number of allylic oxidation sites excluding steroid dienone is 1. The smallest absolute Gasteiger partial charge is 0.0460 e. The molecule has 1 aliphatic carbocycles. The predicted molar refractivity (Wildman–Crippen MR) is 77.8 cm³/mol. The van der Waals surface area contributed by atoms with Gasteiger partial charge in [-0.1, -0.05) is 40.9 Å². The Morgan fingerprint density at radius 2 is 2.11 bits per heavy atom. The van der Waals surface area contributed by atoms with Gasteiger partial charge in [0.15, 0.2) is 0 Å². The normalized spacial score (nSPS) is 17.4. The number of hydrogen-bond donors (Lipinski definition) is 2. The van der Waals surface area contributed by atoms with Gasteiger partial charge in [-0.15, -0.1) is 0 Å². The largest absolute Gasteiger partial charge is 0.271 e. The first-order valence-electron chi connectivity index (χ1n) is 6.29. The lowest BCUT2D eigenvalue weighted by atomic mass is 9.90. The highest BCUT2D eigenvalue weighted by molar-refractivity contribution is 6.35. The third-order valence-corrected chi connectivity index (χ3v) is 4.00. The van der Waals surface area contributed by atoms with Gasteiger partial charge in [0.05, 0.1) is 0 Å². The third-order valence-electron chi connectivity index (χ3n) is 3.41. The minimum Gasteiger partial charge on any atom is -0.271 e. The van der Waals surface area contributed by atoms with Crippen molar-refractivity contribution in [1.82, 2.24) is 5.43 Å². The van der Waals surface area contributed by atoms with Crippen molar-refractivity contribution in [3.63, 3.8) is 0 Å². The number of halogens is 2. The highest BCUT2D eigenvalue weighted by Gasteiger charge is 2.16. The molecular weight excluding hydrogens is 267 g/mol. The van der Waals surface area contributed by atoms with Crippen LogP contribution in [0.1, 0.15) is 31.2 Å². The van der Waals surface area contributed by atoms with Gasteiger partial charge in [-0.2, -0.15) is 0 Å². The molecule has 1 aromatic carbocycles. The molecule has 18 heavy (non-hydrogen) atoms. The molecule has 0 bridgehead atoms. The van der Waals surface area contributed by atoms with Crippen molar-refractivity contribution in [3.05, 3.63) is 45.5 Å². The lowest BCUT2D eigenvalue weighted by molar-refractivity contribution is 0.542. The van der Waals surface area contributed by atoms with Gasteiger partial charge in [0.2, 0.25) is 0 Å². The molecule has 4 heteroatoms. The van der Waals surface area contributed by atoms with E-state index in [0.29, 0.717) is 10.0 Å². The molecule has 0 saturated carbocycles. The van der Waals surface area contributed by atoms with E-state index in [1.165, 1.54) is 18.4 Å². The molecule has 0 saturated heterocycles. The molecule has 0 amide bonds. The SMILES string of the molecule is NNC(Cc1ccc(Cl)cc1Cl)C1=CCCCC1. The molecule has 1 aliphatic rings. The van der Waals surface area contributed by atoms with E-state index in [-0.39, 0.29) is 6.04 Å². The number of hydrogen-bond acceptors (Lipinski definition) is 2. The van der Waals surface area contributed by atoms with Gasteiger partial charge in [-0.25, -0.2) is 0 Å². The lowest BCUT2D eigenvalue weighted by Gasteiger charge is -2.23. The fourth-order valence-electron chi connectivity index (χ4n) is 2.38. The van der Waals surface area contributed by atoms with Crippen molar-refractivity contribution in [3.8, 4) is 0 Å². The minimum atomic E-state index is 0.170. The van der Waals surface area contributed by atoms with E-state index in [1.807, 2.05) is 12.1 Å². The fourth-order valence-corrected chi connectivity index (χ4v) is 2.87. The first kappa shape index (κ1) is 13.9. The number of rotatable bonds is 4. The Bertz CT molecular complexity index is 443. The molecule has 1 atom stereocenters. The van der Waals surface area contributed by atoms with Crippen LogP contribution < -0.4 is 11.3 Å². The van der Waals surface area contributed by atoms with Crippen LogP contribution in [0.2, 0.25) is 10.0 Å². The molecule has 0 aromatic heterocycles. The predicted octanol–water partition coefficient (Wildman–Crippen LogP) is 3.87. The van der Waals surface area contributed by atoms with Crippen molar-refractivity contribution in [2.24, 2.45) is 5.84 Å². The Morgan fingerprint density at radius 3 is 2.72 bits per heavy atom. The van der Waals surface area contributed by atoms with E-state index in [4.69, 9.17) is 29.0 Å². The maximum atomic E-state index is 6.20. The van der Waals surface area contributed by atoms with Crippen LogP contribution in [0.3, 0.4) is 0 Å². The second-order valence-electron chi connectivity index (χ2n) is 4.68. The number of hydrazine groups is 1. The Morgan fingerprint density at radius 1 is 1.28 bits per heavy atom. The van der Waals surface area contributed by atoms with E-state index in [0.717, 1.165) is 24.8 Å². The van der Waals surface area contributed by atoms with Gasteiger partial charge in [0, 0.05) is 16.1 Å². The highest BCUT2D eigenvalue weighted by atomic mass is 35.5. The second-order valence-corrected chi connectivity index (χ2v) is 5.53. The number of nitrogens with one attached hydrogen (secondary N) is 1. The van der Waals surface area contributed by atoms with Crippen LogP contribution in [0.15, 0.2) is 29.8 Å². The summed E-state index contributed by atoms with van der Waals surface area (Å²) in [5, 5.41) is 1.37. The first-order valence-corrected chi connectivity index (χ1v) is 7.05. The monoisotopic (exact) mass is 284 g/mol. The van der Waals surface area contributed by atoms with E-state index in [2.05, 4.69) is 11.5 Å². The third kappa shape index (κ3) is 3.48. The second kappa shape index (κ2) is 6.58. The van der Waals surface area contributed by atoms with E-state index < -0.39 is 0 Å². The molecular formula is C14H18Cl2N2. The Balaban J connectivity index is 2.12. The summed E-state index contributed by atoms with van der Waals surface area (Å²) in [5.41, 5.74) is 5.38. The molecule has 98 valence electrons. The molecule has 0 fully saturated rings. The minimum absolute atomic E-state index is 0.170. The van der Waals surface area contributed by atoms with Crippen LogP contribution >= 0.6 is 23.2 Å². The molecule has 2 rings (SSSR count). The topological polar surface area (TPSA) is 38.0 Å². The summed E-state index contributed by atoms with van der Waals surface area (Å²) in [5.74, 6) is 5.67. The van der Waals surface area contributed by atoms with Crippen LogP contribution in [-0.2, 0) is 6.42 Å². The van der Waals surface area contributed by atoms with E-state index in [9.17, 15) is 0 Å². The van der Waals surface area contributed by atoms with Crippen molar-refractivity contribution in [1.29, 1.82) is 0 Å². The van der Waals surface area contributed by atoms with E-state index in [1.54, 1.807) is 6.07 Å². The molecule has 3 N–H and O–H groups in total. The van der Waals surface area contributed by atoms with Crippen LogP contribution in [0.25, 0.3) is 0 Å². The standard InChI is InChI=1S/C14H18Cl2N2/c15-12-7-6-11(13(16)9-12)8-14(18-17)10-4-2-1-3-5-10/h4,6-7,9,14,18H,1-3,5,8,17H2. The zero-order valence-corrected chi connectivity index (χ0v) is 11.8. The summed E-state index contributed by atoms with van der Waals surface area (Å²) in [6.07, 6.45) is 7.92. The molecule has 0 aliphatic heterocycles. The van der Waals surface area contributed by atoms with Gasteiger partial charge < -0.3 is 0 Å². The molecule has 0 heterocycles. The molecule has 0 radical (unpaired) electrons. The molecule has 1 aromatic rings. The Kier molecular flexibility index (Phi) is 5.07. The van der Waals surface area contributed by atoms with Crippen LogP contribution in [0.5, 0.6) is 0 Å².